The second kappa shape index (κ2) is 5.89. The van der Waals surface area contributed by atoms with E-state index in [1.165, 1.54) is 5.56 Å². The average molecular weight is 413 g/mol. The molecule has 3 nitrogen and oxygen atoms in total. The molecule has 0 saturated carbocycles. The van der Waals surface area contributed by atoms with Crippen molar-refractivity contribution in [3.63, 3.8) is 0 Å². The summed E-state index contributed by atoms with van der Waals surface area (Å²) in [7, 11) is 0. The summed E-state index contributed by atoms with van der Waals surface area (Å²) in [5, 5.41) is 3.52. The molecule has 0 amide bonds. The van der Waals surface area contributed by atoms with Crippen LogP contribution < -0.4 is 14.8 Å². The third-order valence-corrected chi connectivity index (χ3v) is 4.69. The molecule has 1 N–H and O–H groups in total. The van der Waals surface area contributed by atoms with Crippen LogP contribution in [0.4, 0.5) is 5.69 Å². The minimum atomic E-state index is 0.148. The van der Waals surface area contributed by atoms with Gasteiger partial charge < -0.3 is 14.8 Å². The number of ether oxygens (including phenoxy) is 2. The molecule has 1 atom stereocenters. The lowest BCUT2D eigenvalue weighted by Gasteiger charge is -2.19. The van der Waals surface area contributed by atoms with E-state index in [0.717, 1.165) is 31.7 Å². The Morgan fingerprint density at radius 2 is 1.71 bits per heavy atom. The van der Waals surface area contributed by atoms with E-state index in [9.17, 15) is 0 Å². The number of benzene rings is 2. The van der Waals surface area contributed by atoms with Crippen molar-refractivity contribution in [2.45, 2.75) is 19.9 Å². The summed E-state index contributed by atoms with van der Waals surface area (Å²) in [4.78, 5) is 0. The maximum absolute atomic E-state index is 5.43. The number of rotatable bonds is 3. The Hall–Kier alpha value is -1.20. The molecule has 0 saturated heterocycles. The van der Waals surface area contributed by atoms with Gasteiger partial charge in [-0.2, -0.15) is 0 Å². The van der Waals surface area contributed by atoms with E-state index in [-0.39, 0.29) is 6.04 Å². The molecule has 1 aliphatic heterocycles. The largest absolute Gasteiger partial charge is 0.454 e. The fraction of sp³-hybridized carbons (Fsp3) is 0.250. The minimum Gasteiger partial charge on any atom is -0.454 e. The van der Waals surface area contributed by atoms with Crippen LogP contribution in [-0.4, -0.2) is 6.79 Å². The maximum atomic E-state index is 5.43. The molecule has 1 aliphatic rings. The van der Waals surface area contributed by atoms with Gasteiger partial charge in [-0.05, 0) is 81.1 Å². The number of nitrogens with one attached hydrogen (secondary N) is 1. The summed E-state index contributed by atoms with van der Waals surface area (Å²) in [6.45, 7) is 4.49. The van der Waals surface area contributed by atoms with E-state index in [4.69, 9.17) is 9.47 Å². The number of fused-ring (bicyclic) bond motifs is 1. The van der Waals surface area contributed by atoms with Gasteiger partial charge in [0, 0.05) is 15.0 Å². The molecule has 0 radical (unpaired) electrons. The minimum absolute atomic E-state index is 0.148. The Balaban J connectivity index is 1.85. The maximum Gasteiger partial charge on any atom is 0.231 e. The van der Waals surface area contributed by atoms with Crippen molar-refractivity contribution in [2.24, 2.45) is 0 Å². The van der Waals surface area contributed by atoms with Gasteiger partial charge in [0.15, 0.2) is 11.5 Å². The van der Waals surface area contributed by atoms with Crippen LogP contribution in [0, 0.1) is 6.92 Å². The fourth-order valence-corrected chi connectivity index (χ4v) is 3.96. The Bertz CT molecular complexity index is 665. The first-order valence-electron chi connectivity index (χ1n) is 6.66. The zero-order valence-electron chi connectivity index (χ0n) is 11.7. The predicted molar refractivity (Wildman–Crippen MR) is 91.2 cm³/mol. The lowest BCUT2D eigenvalue weighted by molar-refractivity contribution is 0.174. The Morgan fingerprint density at radius 1 is 1.05 bits per heavy atom. The first-order valence-corrected chi connectivity index (χ1v) is 8.25. The number of anilines is 1. The van der Waals surface area contributed by atoms with Gasteiger partial charge in [-0.25, -0.2) is 0 Å². The SMILES string of the molecule is Cc1cc(Br)c(NC(C)c2ccc3c(c2)OCO3)c(Br)c1. The smallest absolute Gasteiger partial charge is 0.231 e. The molecule has 5 heteroatoms. The molecule has 0 bridgehead atoms. The zero-order chi connectivity index (χ0) is 15.0. The molecular weight excluding hydrogens is 398 g/mol. The standard InChI is InChI=1S/C16H15Br2NO2/c1-9-5-12(17)16(13(18)6-9)19-10(2)11-3-4-14-15(7-11)21-8-20-14/h3-7,10,19H,8H2,1-2H3. The van der Waals surface area contributed by atoms with Crippen molar-refractivity contribution >= 4 is 37.5 Å². The molecule has 2 aromatic carbocycles. The first-order chi connectivity index (χ1) is 10.0. The molecule has 0 spiro atoms. The third-order valence-electron chi connectivity index (χ3n) is 3.44. The van der Waals surface area contributed by atoms with Gasteiger partial charge in [0.1, 0.15) is 0 Å². The summed E-state index contributed by atoms with van der Waals surface area (Å²) >= 11 is 7.22. The van der Waals surface area contributed by atoms with E-state index >= 15 is 0 Å². The van der Waals surface area contributed by atoms with Crippen molar-refractivity contribution < 1.29 is 9.47 Å². The number of halogens is 2. The number of hydrogen-bond donors (Lipinski definition) is 1. The molecule has 110 valence electrons. The first kappa shape index (κ1) is 14.7. The molecule has 0 fully saturated rings. The highest BCUT2D eigenvalue weighted by Crippen LogP contribution is 2.37. The second-order valence-electron chi connectivity index (χ2n) is 5.08. The summed E-state index contributed by atoms with van der Waals surface area (Å²) in [6, 6.07) is 10.4. The van der Waals surface area contributed by atoms with Crippen LogP contribution in [0.15, 0.2) is 39.3 Å². The fourth-order valence-electron chi connectivity index (χ4n) is 2.32. The number of hydrogen-bond acceptors (Lipinski definition) is 3. The van der Waals surface area contributed by atoms with Crippen LogP contribution in [0.3, 0.4) is 0 Å². The second-order valence-corrected chi connectivity index (χ2v) is 6.79. The van der Waals surface area contributed by atoms with Crippen LogP contribution in [0.25, 0.3) is 0 Å². The summed E-state index contributed by atoms with van der Waals surface area (Å²) in [5.41, 5.74) is 3.40. The monoisotopic (exact) mass is 411 g/mol. The van der Waals surface area contributed by atoms with Crippen molar-refractivity contribution in [1.29, 1.82) is 0 Å². The highest BCUT2D eigenvalue weighted by Gasteiger charge is 2.17. The van der Waals surface area contributed by atoms with E-state index in [2.05, 4.69) is 69.2 Å². The van der Waals surface area contributed by atoms with Gasteiger partial charge in [0.2, 0.25) is 6.79 Å². The molecular formula is C16H15Br2NO2. The number of aryl methyl sites for hydroxylation is 1. The predicted octanol–water partition coefficient (Wildman–Crippen LogP) is 5.42. The van der Waals surface area contributed by atoms with Crippen molar-refractivity contribution in [3.8, 4) is 11.5 Å². The Morgan fingerprint density at radius 3 is 2.43 bits per heavy atom. The van der Waals surface area contributed by atoms with Crippen LogP contribution in [0.2, 0.25) is 0 Å². The molecule has 0 aromatic heterocycles. The van der Waals surface area contributed by atoms with E-state index in [1.54, 1.807) is 0 Å². The van der Waals surface area contributed by atoms with E-state index < -0.39 is 0 Å². The third kappa shape index (κ3) is 3.04. The van der Waals surface area contributed by atoms with E-state index in [0.29, 0.717) is 6.79 Å². The lowest BCUT2D eigenvalue weighted by Crippen LogP contribution is -2.07. The van der Waals surface area contributed by atoms with E-state index in [1.807, 2.05) is 12.1 Å². The summed E-state index contributed by atoms with van der Waals surface area (Å²) in [6.07, 6.45) is 0. The molecule has 21 heavy (non-hydrogen) atoms. The van der Waals surface area contributed by atoms with Crippen LogP contribution in [0.1, 0.15) is 24.1 Å². The summed E-state index contributed by atoms with van der Waals surface area (Å²) < 4.78 is 12.9. The molecule has 0 aliphatic carbocycles. The highest BCUT2D eigenvalue weighted by molar-refractivity contribution is 9.11. The molecule has 1 unspecified atom stereocenters. The van der Waals surface area contributed by atoms with Crippen LogP contribution in [0.5, 0.6) is 11.5 Å². The quantitative estimate of drug-likeness (QED) is 0.729. The normalized spacial score (nSPS) is 14.1. The molecule has 1 heterocycles. The topological polar surface area (TPSA) is 30.5 Å². The van der Waals surface area contributed by atoms with Crippen LogP contribution >= 0.6 is 31.9 Å². The lowest BCUT2D eigenvalue weighted by atomic mass is 10.1. The molecule has 2 aromatic rings. The van der Waals surface area contributed by atoms with Gasteiger partial charge >= 0.3 is 0 Å². The molecule has 3 rings (SSSR count). The van der Waals surface area contributed by atoms with Gasteiger partial charge in [-0.3, -0.25) is 0 Å². The van der Waals surface area contributed by atoms with Crippen molar-refractivity contribution in [2.75, 3.05) is 12.1 Å². The van der Waals surface area contributed by atoms with Gasteiger partial charge in [0.25, 0.3) is 0 Å². The zero-order valence-corrected chi connectivity index (χ0v) is 14.9. The van der Waals surface area contributed by atoms with Gasteiger partial charge in [-0.1, -0.05) is 6.07 Å². The van der Waals surface area contributed by atoms with Gasteiger partial charge in [-0.15, -0.1) is 0 Å². The van der Waals surface area contributed by atoms with Gasteiger partial charge in [0.05, 0.1) is 5.69 Å². The Labute approximate surface area is 140 Å². The van der Waals surface area contributed by atoms with Crippen LogP contribution in [-0.2, 0) is 0 Å². The van der Waals surface area contributed by atoms with Crippen molar-refractivity contribution in [1.82, 2.24) is 0 Å². The summed E-state index contributed by atoms with van der Waals surface area (Å²) in [5.74, 6) is 1.62. The Kier molecular flexibility index (Phi) is 4.13. The van der Waals surface area contributed by atoms with Crippen molar-refractivity contribution in [3.05, 3.63) is 50.4 Å². The average Bonchev–Trinajstić information content (AvgIpc) is 2.89. The highest BCUT2D eigenvalue weighted by atomic mass is 79.9.